The maximum absolute atomic E-state index is 13.4. The number of thiol groups is 1. The van der Waals surface area contributed by atoms with Crippen LogP contribution in [0.3, 0.4) is 0 Å². The van der Waals surface area contributed by atoms with Crippen molar-refractivity contribution in [1.29, 1.82) is 0 Å². The highest BCUT2D eigenvalue weighted by Gasteiger charge is 2.33. The minimum atomic E-state index is -4.68. The van der Waals surface area contributed by atoms with Crippen LogP contribution in [0.2, 0.25) is 0 Å². The Balaban J connectivity index is 0.00000261. The number of aromatic nitrogens is 2. The fourth-order valence-electron chi connectivity index (χ4n) is 2.66. The lowest BCUT2D eigenvalue weighted by Gasteiger charge is -2.14. The van der Waals surface area contributed by atoms with Gasteiger partial charge in [-0.3, -0.25) is 9.52 Å². The summed E-state index contributed by atoms with van der Waals surface area (Å²) in [6.45, 7) is 0. The summed E-state index contributed by atoms with van der Waals surface area (Å²) in [5, 5.41) is 6.94. The predicted molar refractivity (Wildman–Crippen MR) is 97.8 cm³/mol. The van der Waals surface area contributed by atoms with Gasteiger partial charge in [-0.15, -0.1) is 12.4 Å². The minimum absolute atomic E-state index is 0. The molecule has 0 aliphatic carbocycles. The Kier molecular flexibility index (Phi) is 6.11. The number of benzene rings is 2. The number of alkyl halides is 3. The molecule has 0 radical (unpaired) electrons. The first kappa shape index (κ1) is 20.7. The highest BCUT2D eigenvalue weighted by atomic mass is 35.5. The molecule has 0 bridgehead atoms. The number of hydrogen-bond donors (Lipinski definition) is 3. The first-order chi connectivity index (χ1) is 12.3. The van der Waals surface area contributed by atoms with Crippen molar-refractivity contribution in [2.24, 2.45) is 0 Å². The Morgan fingerprint density at radius 3 is 2.37 bits per heavy atom. The van der Waals surface area contributed by atoms with Gasteiger partial charge < -0.3 is 0 Å². The summed E-state index contributed by atoms with van der Waals surface area (Å²) in [4.78, 5) is 11.8. The molecule has 0 unspecified atom stereocenters. The average Bonchev–Trinajstić information content (AvgIpc) is 2.57. The van der Waals surface area contributed by atoms with E-state index in [2.05, 4.69) is 10.2 Å². The van der Waals surface area contributed by atoms with Crippen LogP contribution in [0.1, 0.15) is 16.8 Å². The van der Waals surface area contributed by atoms with Crippen molar-refractivity contribution in [2.75, 3.05) is 4.72 Å². The summed E-state index contributed by atoms with van der Waals surface area (Å²) in [6, 6.07) is 9.63. The van der Waals surface area contributed by atoms with E-state index >= 15 is 0 Å². The van der Waals surface area contributed by atoms with Gasteiger partial charge in [0.2, 0.25) is 10.9 Å². The van der Waals surface area contributed by atoms with Crippen molar-refractivity contribution in [2.45, 2.75) is 12.6 Å². The van der Waals surface area contributed by atoms with Gasteiger partial charge in [0, 0.05) is 17.5 Å². The second-order valence-corrected chi connectivity index (χ2v) is 6.20. The minimum Gasteiger partial charge on any atom is -0.286 e. The van der Waals surface area contributed by atoms with Crippen LogP contribution in [0, 0.1) is 0 Å². The number of H-pyrrole nitrogens is 1. The van der Waals surface area contributed by atoms with E-state index in [1.807, 2.05) is 4.72 Å². The lowest BCUT2D eigenvalue weighted by molar-refractivity contribution is -0.138. The maximum atomic E-state index is 13.4. The molecule has 0 saturated heterocycles. The van der Waals surface area contributed by atoms with Gasteiger partial charge in [-0.05, 0) is 23.8 Å². The number of hydrogen-bond acceptors (Lipinski definition) is 4. The fourth-order valence-corrected chi connectivity index (χ4v) is 3.01. The van der Waals surface area contributed by atoms with E-state index in [9.17, 15) is 26.4 Å². The molecule has 0 fully saturated rings. The highest BCUT2D eigenvalue weighted by Crippen LogP contribution is 2.35. The second kappa shape index (κ2) is 7.97. The fraction of sp³-hybridized carbons (Fsp3) is 0.125. The predicted octanol–water partition coefficient (Wildman–Crippen LogP) is 2.89. The molecule has 1 aromatic heterocycles. The number of rotatable bonds is 4. The van der Waals surface area contributed by atoms with E-state index in [0.717, 1.165) is 6.07 Å². The van der Waals surface area contributed by atoms with Crippen molar-refractivity contribution >= 4 is 39.8 Å². The Hall–Kier alpha value is -2.59. The van der Waals surface area contributed by atoms with Crippen molar-refractivity contribution in [1.82, 2.24) is 10.2 Å². The quantitative estimate of drug-likeness (QED) is 0.567. The molecule has 3 rings (SSSR count). The van der Waals surface area contributed by atoms with Crippen molar-refractivity contribution < 1.29 is 21.6 Å². The van der Waals surface area contributed by atoms with Crippen LogP contribution in [0.5, 0.6) is 0 Å². The van der Waals surface area contributed by atoms with Gasteiger partial charge >= 0.3 is 6.18 Å². The van der Waals surface area contributed by atoms with Crippen LogP contribution in [-0.2, 0) is 23.5 Å². The summed E-state index contributed by atoms with van der Waals surface area (Å²) in [7, 11) is -3.08. The van der Waals surface area contributed by atoms with E-state index in [0.29, 0.717) is 10.8 Å². The van der Waals surface area contributed by atoms with Gasteiger partial charge in [-0.2, -0.15) is 18.3 Å². The van der Waals surface area contributed by atoms with Gasteiger partial charge in [0.05, 0.1) is 16.6 Å². The van der Waals surface area contributed by atoms with E-state index in [1.54, 1.807) is 24.3 Å². The normalized spacial score (nSPS) is 11.4. The lowest BCUT2D eigenvalue weighted by Crippen LogP contribution is -2.14. The third-order valence-electron chi connectivity index (χ3n) is 3.77. The van der Waals surface area contributed by atoms with E-state index in [-0.39, 0.29) is 35.8 Å². The van der Waals surface area contributed by atoms with Crippen molar-refractivity contribution in [3.63, 3.8) is 0 Å². The molecule has 144 valence electrons. The summed E-state index contributed by atoms with van der Waals surface area (Å²) in [6.07, 6.45) is -4.87. The molecule has 27 heavy (non-hydrogen) atoms. The van der Waals surface area contributed by atoms with E-state index < -0.39 is 28.2 Å². The standard InChI is InChI=1S/C16H12F3N3O3S.ClH/c17-16(18,19)13-8-10(22-26(24)25)6-5-9(13)7-14-11-3-1-2-4-12(11)15(23)21-20-14;/h1-6,8,26H,7H2,(H,21,23)(H,22,24,25);1H. The Bertz CT molecular complexity index is 1110. The molecule has 0 atom stereocenters. The first-order valence-electron chi connectivity index (χ1n) is 7.33. The molecular weight excluding hydrogens is 407 g/mol. The molecular formula is C16H13ClF3N3O3S. The zero-order chi connectivity index (χ0) is 18.9. The first-order valence-corrected chi connectivity index (χ1v) is 8.51. The van der Waals surface area contributed by atoms with Gasteiger partial charge in [0.15, 0.2) is 0 Å². The van der Waals surface area contributed by atoms with Crippen LogP contribution in [0.15, 0.2) is 47.3 Å². The van der Waals surface area contributed by atoms with Crippen LogP contribution in [0.4, 0.5) is 18.9 Å². The van der Waals surface area contributed by atoms with Crippen LogP contribution in [-0.4, -0.2) is 18.6 Å². The molecule has 0 aliphatic heterocycles. The molecule has 2 N–H and O–H groups in total. The van der Waals surface area contributed by atoms with Gasteiger partial charge in [-0.1, -0.05) is 24.3 Å². The van der Waals surface area contributed by atoms with Gasteiger partial charge in [-0.25, -0.2) is 13.5 Å². The molecule has 6 nitrogen and oxygen atoms in total. The van der Waals surface area contributed by atoms with E-state index in [1.165, 1.54) is 12.1 Å². The van der Waals surface area contributed by atoms with Crippen LogP contribution < -0.4 is 10.3 Å². The number of nitrogens with one attached hydrogen (secondary N) is 2. The van der Waals surface area contributed by atoms with Crippen LogP contribution >= 0.6 is 12.4 Å². The Morgan fingerprint density at radius 1 is 1.07 bits per heavy atom. The third-order valence-corrected chi connectivity index (χ3v) is 4.21. The summed E-state index contributed by atoms with van der Waals surface area (Å²) in [5.74, 6) is 0. The summed E-state index contributed by atoms with van der Waals surface area (Å²) in [5.41, 5.74) is -1.40. The zero-order valence-electron chi connectivity index (χ0n) is 13.4. The topological polar surface area (TPSA) is 91.9 Å². The smallest absolute Gasteiger partial charge is 0.286 e. The van der Waals surface area contributed by atoms with Crippen molar-refractivity contribution in [3.8, 4) is 0 Å². The number of halogens is 4. The van der Waals surface area contributed by atoms with Gasteiger partial charge in [0.25, 0.3) is 5.56 Å². The SMILES string of the molecule is Cl.O=c1[nH]nc(Cc2ccc(N[SH](=O)=O)cc2C(F)(F)F)c2ccccc12. The number of nitrogens with zero attached hydrogens (tertiary/aromatic N) is 1. The second-order valence-electron chi connectivity index (χ2n) is 5.46. The molecule has 0 aliphatic rings. The largest absolute Gasteiger partial charge is 0.416 e. The number of anilines is 1. The lowest BCUT2D eigenvalue weighted by atomic mass is 9.99. The van der Waals surface area contributed by atoms with Crippen molar-refractivity contribution in [3.05, 3.63) is 69.6 Å². The molecule has 3 aromatic rings. The van der Waals surface area contributed by atoms with Gasteiger partial charge in [0.1, 0.15) is 0 Å². The number of aromatic amines is 1. The number of fused-ring (bicyclic) bond motifs is 1. The molecule has 11 heteroatoms. The summed E-state index contributed by atoms with van der Waals surface area (Å²) >= 11 is 0. The highest BCUT2D eigenvalue weighted by molar-refractivity contribution is 7.73. The monoisotopic (exact) mass is 419 g/mol. The molecule has 0 amide bonds. The molecule has 1 heterocycles. The molecule has 0 saturated carbocycles. The zero-order valence-corrected chi connectivity index (χ0v) is 15.1. The third kappa shape index (κ3) is 4.58. The van der Waals surface area contributed by atoms with Crippen LogP contribution in [0.25, 0.3) is 10.8 Å². The molecule has 2 aromatic carbocycles. The summed E-state index contributed by atoms with van der Waals surface area (Å²) < 4.78 is 63.5. The average molecular weight is 420 g/mol. The Morgan fingerprint density at radius 2 is 1.74 bits per heavy atom. The Labute approximate surface area is 158 Å². The molecule has 0 spiro atoms. The maximum Gasteiger partial charge on any atom is 0.416 e. The van der Waals surface area contributed by atoms with E-state index in [4.69, 9.17) is 0 Å².